The fraction of sp³-hybridized carbons (Fsp3) is 0.111. The van der Waals surface area contributed by atoms with E-state index < -0.39 is 0 Å². The molecular weight excluding hydrogens is 283 g/mol. The van der Waals surface area contributed by atoms with E-state index in [1.54, 1.807) is 12.1 Å². The largest absolute Gasteiger partial charge is 0.495 e. The molecule has 0 heterocycles. The molecule has 0 saturated carbocycles. The summed E-state index contributed by atoms with van der Waals surface area (Å²) in [5, 5.41) is 4.15. The Kier molecular flexibility index (Phi) is 4.58. The monoisotopic (exact) mass is 290 g/mol. The lowest BCUT2D eigenvalue weighted by Gasteiger charge is -2.08. The van der Waals surface area contributed by atoms with Crippen LogP contribution in [0.25, 0.3) is 0 Å². The molecule has 15 heavy (non-hydrogen) atoms. The van der Waals surface area contributed by atoms with Crippen LogP contribution in [0.15, 0.2) is 21.7 Å². The molecule has 1 aromatic rings. The smallest absolute Gasteiger partial charge is 0.162 e. The third-order valence-corrected chi connectivity index (χ3v) is 2.51. The summed E-state index contributed by atoms with van der Waals surface area (Å²) in [5.41, 5.74) is 3.33. The maximum absolute atomic E-state index is 10.0. The van der Waals surface area contributed by atoms with Crippen molar-refractivity contribution < 1.29 is 9.53 Å². The van der Waals surface area contributed by atoms with E-state index in [9.17, 15) is 4.79 Å². The Balaban J connectivity index is 2.96. The number of methoxy groups -OCH3 is 1. The molecule has 0 aliphatic heterocycles. The van der Waals surface area contributed by atoms with E-state index in [4.69, 9.17) is 16.3 Å². The van der Waals surface area contributed by atoms with Crippen molar-refractivity contribution in [2.75, 3.05) is 12.5 Å². The first-order valence-electron chi connectivity index (χ1n) is 3.95. The predicted molar refractivity (Wildman–Crippen MR) is 63.9 cm³/mol. The van der Waals surface area contributed by atoms with Crippen LogP contribution in [-0.4, -0.2) is 19.6 Å². The minimum atomic E-state index is 0.495. The Hall–Kier alpha value is -1.07. The lowest BCUT2D eigenvalue weighted by molar-refractivity contribution is -0.102. The highest BCUT2D eigenvalue weighted by atomic mass is 79.9. The van der Waals surface area contributed by atoms with Crippen molar-refractivity contribution in [1.29, 1.82) is 0 Å². The Labute approximate surface area is 100 Å². The Morgan fingerprint density at radius 1 is 1.60 bits per heavy atom. The number of hydrogen-bond donors (Lipinski definition) is 1. The van der Waals surface area contributed by atoms with Crippen molar-refractivity contribution in [3.8, 4) is 5.75 Å². The molecule has 1 rings (SSSR count). The Bertz CT molecular complexity index is 396. The van der Waals surface area contributed by atoms with Gasteiger partial charge in [-0.2, -0.15) is 5.10 Å². The van der Waals surface area contributed by atoms with Gasteiger partial charge in [-0.05, 0) is 22.0 Å². The molecule has 0 spiro atoms. The van der Waals surface area contributed by atoms with E-state index in [1.165, 1.54) is 7.11 Å². The molecule has 0 bridgehead atoms. The van der Waals surface area contributed by atoms with Crippen molar-refractivity contribution in [1.82, 2.24) is 0 Å². The first kappa shape index (κ1) is 12.0. The number of carbonyl (C=O) groups excluding carboxylic acids is 1. The second-order valence-corrected chi connectivity index (χ2v) is 3.75. The summed E-state index contributed by atoms with van der Waals surface area (Å²) in [6.45, 7) is 0. The number of hydrogen-bond acceptors (Lipinski definition) is 4. The van der Waals surface area contributed by atoms with Crippen LogP contribution in [0.4, 0.5) is 5.69 Å². The second-order valence-electron chi connectivity index (χ2n) is 2.49. The van der Waals surface area contributed by atoms with Crippen LogP contribution in [0.5, 0.6) is 5.75 Å². The van der Waals surface area contributed by atoms with Gasteiger partial charge in [-0.1, -0.05) is 11.6 Å². The van der Waals surface area contributed by atoms with Crippen molar-refractivity contribution in [2.45, 2.75) is 0 Å². The Morgan fingerprint density at radius 3 is 2.93 bits per heavy atom. The minimum absolute atomic E-state index is 0.495. The number of aldehydes is 1. The molecule has 1 N–H and O–H groups in total. The van der Waals surface area contributed by atoms with E-state index in [1.807, 2.05) is 0 Å². The third-order valence-electron chi connectivity index (χ3n) is 1.56. The molecule has 0 radical (unpaired) electrons. The second kappa shape index (κ2) is 5.72. The van der Waals surface area contributed by atoms with Crippen molar-refractivity contribution in [3.05, 3.63) is 21.6 Å². The minimum Gasteiger partial charge on any atom is -0.495 e. The summed E-state index contributed by atoms with van der Waals surface area (Å²) in [7, 11) is 1.52. The normalized spacial score (nSPS) is 10.3. The molecule has 0 aliphatic carbocycles. The van der Waals surface area contributed by atoms with Crippen molar-refractivity contribution >= 4 is 45.7 Å². The molecule has 0 saturated heterocycles. The summed E-state index contributed by atoms with van der Waals surface area (Å²) in [6, 6.07) is 3.35. The number of nitrogens with zero attached hydrogens (tertiary/aromatic N) is 1. The molecule has 0 aliphatic rings. The maximum Gasteiger partial charge on any atom is 0.162 e. The number of ether oxygens (including phenoxy) is 1. The van der Waals surface area contributed by atoms with E-state index in [2.05, 4.69) is 26.5 Å². The highest BCUT2D eigenvalue weighted by Gasteiger charge is 2.06. The molecule has 6 heteroatoms. The third kappa shape index (κ3) is 3.21. The molecule has 0 atom stereocenters. The number of carbonyl (C=O) groups is 1. The number of benzene rings is 1. The topological polar surface area (TPSA) is 50.7 Å². The quantitative estimate of drug-likeness (QED) is 0.527. The van der Waals surface area contributed by atoms with E-state index in [0.29, 0.717) is 22.7 Å². The van der Waals surface area contributed by atoms with Crippen molar-refractivity contribution in [3.63, 3.8) is 0 Å². The average molecular weight is 292 g/mol. The lowest BCUT2D eigenvalue weighted by Crippen LogP contribution is -1.93. The molecule has 0 fully saturated rings. The Morgan fingerprint density at radius 2 is 2.33 bits per heavy atom. The number of anilines is 1. The van der Waals surface area contributed by atoms with E-state index in [-0.39, 0.29) is 0 Å². The number of halogens is 2. The first-order valence-corrected chi connectivity index (χ1v) is 5.12. The summed E-state index contributed by atoms with van der Waals surface area (Å²) >= 11 is 9.18. The lowest BCUT2D eigenvalue weighted by atomic mass is 10.3. The molecular formula is C9H8BrClN2O2. The van der Waals surface area contributed by atoms with Crippen LogP contribution < -0.4 is 10.2 Å². The van der Waals surface area contributed by atoms with E-state index >= 15 is 0 Å². The van der Waals surface area contributed by atoms with Gasteiger partial charge in [0.1, 0.15) is 5.75 Å². The van der Waals surface area contributed by atoms with Crippen LogP contribution in [0.1, 0.15) is 0 Å². The maximum atomic E-state index is 10.0. The van der Waals surface area contributed by atoms with Crippen LogP contribution in [-0.2, 0) is 4.79 Å². The van der Waals surface area contributed by atoms with Gasteiger partial charge in [0, 0.05) is 10.5 Å². The molecule has 0 aromatic heterocycles. The molecule has 0 amide bonds. The number of hydrazone groups is 1. The summed E-state index contributed by atoms with van der Waals surface area (Å²) < 4.78 is 5.77. The van der Waals surface area contributed by atoms with Crippen LogP contribution in [0, 0.1) is 0 Å². The summed E-state index contributed by atoms with van der Waals surface area (Å²) in [4.78, 5) is 10.0. The van der Waals surface area contributed by atoms with Crippen LogP contribution in [0.2, 0.25) is 5.02 Å². The van der Waals surface area contributed by atoms with Crippen LogP contribution >= 0.6 is 27.5 Å². The molecule has 4 nitrogen and oxygen atoms in total. The van der Waals surface area contributed by atoms with Gasteiger partial charge in [-0.3, -0.25) is 10.2 Å². The summed E-state index contributed by atoms with van der Waals surface area (Å²) in [5.74, 6) is 0.531. The standard InChI is InChI=1S/C9H8BrClN2O2/c1-15-9-5-8(13-12-2-3-14)6(10)4-7(9)11/h2-5,13H,1H3/b12-2-. The molecule has 80 valence electrons. The van der Waals surface area contributed by atoms with Gasteiger partial charge in [0.05, 0.1) is 24.0 Å². The van der Waals surface area contributed by atoms with Crippen molar-refractivity contribution in [2.24, 2.45) is 5.10 Å². The van der Waals surface area contributed by atoms with Gasteiger partial charge in [0.15, 0.2) is 6.29 Å². The van der Waals surface area contributed by atoms with Gasteiger partial charge in [0.25, 0.3) is 0 Å². The zero-order chi connectivity index (χ0) is 11.3. The van der Waals surface area contributed by atoms with Gasteiger partial charge < -0.3 is 4.74 Å². The average Bonchev–Trinajstić information content (AvgIpc) is 2.21. The van der Waals surface area contributed by atoms with Crippen LogP contribution in [0.3, 0.4) is 0 Å². The molecule has 0 unspecified atom stereocenters. The highest BCUT2D eigenvalue weighted by Crippen LogP contribution is 2.34. The highest BCUT2D eigenvalue weighted by molar-refractivity contribution is 9.10. The first-order chi connectivity index (χ1) is 7.19. The number of rotatable bonds is 4. The van der Waals surface area contributed by atoms with Gasteiger partial charge in [0.2, 0.25) is 0 Å². The number of nitrogens with one attached hydrogen (secondary N) is 1. The predicted octanol–water partition coefficient (Wildman–Crippen LogP) is 2.71. The fourth-order valence-corrected chi connectivity index (χ4v) is 1.71. The zero-order valence-electron chi connectivity index (χ0n) is 7.83. The SMILES string of the molecule is COc1cc(N/N=C\C=O)c(Br)cc1Cl. The van der Waals surface area contributed by atoms with Gasteiger partial charge in [-0.15, -0.1) is 0 Å². The molecule has 1 aromatic carbocycles. The van der Waals surface area contributed by atoms with E-state index in [0.717, 1.165) is 10.7 Å². The van der Waals surface area contributed by atoms with Gasteiger partial charge in [-0.25, -0.2) is 0 Å². The summed E-state index contributed by atoms with van der Waals surface area (Å²) in [6.07, 6.45) is 1.68. The zero-order valence-corrected chi connectivity index (χ0v) is 10.2. The fourth-order valence-electron chi connectivity index (χ4n) is 0.908. The van der Waals surface area contributed by atoms with Gasteiger partial charge >= 0.3 is 0 Å².